The van der Waals surface area contributed by atoms with Gasteiger partial charge in [0.15, 0.2) is 11.5 Å². The van der Waals surface area contributed by atoms with E-state index < -0.39 is 0 Å². The maximum Gasteiger partial charge on any atom is 0.162 e. The Hall–Kier alpha value is -1.59. The van der Waals surface area contributed by atoms with E-state index in [1.54, 1.807) is 18.4 Å². The summed E-state index contributed by atoms with van der Waals surface area (Å²) in [5.41, 5.74) is 3.93. The summed E-state index contributed by atoms with van der Waals surface area (Å²) in [4.78, 5) is 4.22. The number of nitrogens with one attached hydrogen (secondary N) is 1. The second kappa shape index (κ2) is 8.00. The minimum atomic E-state index is 0.461. The van der Waals surface area contributed by atoms with Gasteiger partial charge in [-0.1, -0.05) is 19.9 Å². The number of aromatic nitrogens is 1. The first kappa shape index (κ1) is 15.8. The van der Waals surface area contributed by atoms with Crippen LogP contribution in [0.5, 0.6) is 11.5 Å². The summed E-state index contributed by atoms with van der Waals surface area (Å²) >= 11 is 1.57. The highest BCUT2D eigenvalue weighted by atomic mass is 32.1. The van der Waals surface area contributed by atoms with E-state index in [-0.39, 0.29) is 0 Å². The van der Waals surface area contributed by atoms with Crippen LogP contribution in [0.15, 0.2) is 29.1 Å². The number of methoxy groups -OCH3 is 1. The van der Waals surface area contributed by atoms with Gasteiger partial charge in [-0.3, -0.25) is 0 Å². The van der Waals surface area contributed by atoms with E-state index in [1.165, 1.54) is 5.56 Å². The molecule has 0 unspecified atom stereocenters. The molecule has 2 rings (SSSR count). The molecule has 1 aromatic heterocycles. The molecule has 0 radical (unpaired) electrons. The first-order chi connectivity index (χ1) is 10.2. The van der Waals surface area contributed by atoms with Crippen LogP contribution in [-0.2, 0) is 13.2 Å². The van der Waals surface area contributed by atoms with Gasteiger partial charge in [-0.2, -0.15) is 0 Å². The van der Waals surface area contributed by atoms with Crippen molar-refractivity contribution in [2.45, 2.75) is 27.0 Å². The van der Waals surface area contributed by atoms with Crippen LogP contribution in [0.4, 0.5) is 0 Å². The Labute approximate surface area is 130 Å². The number of hydrogen-bond donors (Lipinski definition) is 1. The average molecular weight is 306 g/mol. The van der Waals surface area contributed by atoms with Gasteiger partial charge < -0.3 is 14.8 Å². The molecule has 0 aliphatic heterocycles. The van der Waals surface area contributed by atoms with Gasteiger partial charge in [0.05, 0.1) is 18.3 Å². The predicted octanol–water partition coefficient (Wildman–Crippen LogP) is 3.48. The van der Waals surface area contributed by atoms with Gasteiger partial charge in [-0.25, -0.2) is 4.98 Å². The summed E-state index contributed by atoms with van der Waals surface area (Å²) in [5, 5.41) is 5.42. The zero-order chi connectivity index (χ0) is 15.1. The minimum Gasteiger partial charge on any atom is -0.493 e. The van der Waals surface area contributed by atoms with Gasteiger partial charge in [0.2, 0.25) is 0 Å². The van der Waals surface area contributed by atoms with Gasteiger partial charge in [-0.15, -0.1) is 11.3 Å². The molecular formula is C16H22N2O2S. The second-order valence-corrected chi connectivity index (χ2v) is 6.00. The number of ether oxygens (including phenoxy) is 2. The lowest BCUT2D eigenvalue weighted by atomic mass is 10.2. The molecule has 0 atom stereocenters. The van der Waals surface area contributed by atoms with Crippen molar-refractivity contribution < 1.29 is 9.47 Å². The van der Waals surface area contributed by atoms with Crippen LogP contribution in [0.2, 0.25) is 0 Å². The third-order valence-corrected chi connectivity index (χ3v) is 3.60. The fourth-order valence-corrected chi connectivity index (χ4v) is 2.45. The lowest BCUT2D eigenvalue weighted by Gasteiger charge is -2.13. The lowest BCUT2D eigenvalue weighted by molar-refractivity contribution is 0.281. The topological polar surface area (TPSA) is 43.4 Å². The largest absolute Gasteiger partial charge is 0.493 e. The lowest BCUT2D eigenvalue weighted by Crippen LogP contribution is -2.18. The average Bonchev–Trinajstić information content (AvgIpc) is 2.98. The molecule has 1 aromatic carbocycles. The minimum absolute atomic E-state index is 0.461. The highest BCUT2D eigenvalue weighted by Gasteiger charge is 2.07. The van der Waals surface area contributed by atoms with E-state index in [0.717, 1.165) is 30.3 Å². The van der Waals surface area contributed by atoms with Crippen LogP contribution in [0.25, 0.3) is 0 Å². The van der Waals surface area contributed by atoms with Crippen molar-refractivity contribution in [3.05, 3.63) is 40.3 Å². The summed E-state index contributed by atoms with van der Waals surface area (Å²) in [6.07, 6.45) is 0. The Morgan fingerprint density at radius 3 is 2.81 bits per heavy atom. The van der Waals surface area contributed by atoms with Crippen molar-refractivity contribution in [2.24, 2.45) is 5.92 Å². The number of benzene rings is 1. The molecule has 1 heterocycles. The maximum atomic E-state index is 5.83. The molecule has 0 saturated heterocycles. The quantitative estimate of drug-likeness (QED) is 0.811. The maximum absolute atomic E-state index is 5.83. The number of hydrogen-bond acceptors (Lipinski definition) is 5. The number of nitrogens with zero attached hydrogens (tertiary/aromatic N) is 1. The molecule has 5 heteroatoms. The van der Waals surface area contributed by atoms with Crippen molar-refractivity contribution in [3.63, 3.8) is 0 Å². The number of rotatable bonds is 8. The highest BCUT2D eigenvalue weighted by Crippen LogP contribution is 2.28. The molecular weight excluding hydrogens is 284 g/mol. The molecule has 0 fully saturated rings. The highest BCUT2D eigenvalue weighted by molar-refractivity contribution is 7.07. The summed E-state index contributed by atoms with van der Waals surface area (Å²) in [6, 6.07) is 6.03. The zero-order valence-electron chi connectivity index (χ0n) is 12.8. The number of thiazole rings is 1. The Morgan fingerprint density at radius 1 is 1.29 bits per heavy atom. The first-order valence-corrected chi connectivity index (χ1v) is 8.01. The van der Waals surface area contributed by atoms with E-state index in [9.17, 15) is 0 Å². The predicted molar refractivity (Wildman–Crippen MR) is 86.0 cm³/mol. The van der Waals surface area contributed by atoms with E-state index in [2.05, 4.69) is 30.2 Å². The van der Waals surface area contributed by atoms with Crippen LogP contribution in [0.3, 0.4) is 0 Å². The van der Waals surface area contributed by atoms with Crippen LogP contribution in [0, 0.1) is 5.92 Å². The zero-order valence-corrected chi connectivity index (χ0v) is 13.6. The molecule has 0 aliphatic carbocycles. The van der Waals surface area contributed by atoms with Crippen LogP contribution in [-0.4, -0.2) is 18.6 Å². The monoisotopic (exact) mass is 306 g/mol. The molecule has 0 aliphatic rings. The molecule has 2 aromatic rings. The molecule has 0 bridgehead atoms. The molecule has 21 heavy (non-hydrogen) atoms. The molecule has 0 amide bonds. The van der Waals surface area contributed by atoms with Gasteiger partial charge in [0.1, 0.15) is 6.61 Å². The fraction of sp³-hybridized carbons (Fsp3) is 0.438. The first-order valence-electron chi connectivity index (χ1n) is 7.06. The Kier molecular flexibility index (Phi) is 6.02. The third-order valence-electron chi connectivity index (χ3n) is 2.97. The summed E-state index contributed by atoms with van der Waals surface area (Å²) in [6.45, 7) is 6.69. The van der Waals surface area contributed by atoms with Crippen LogP contribution < -0.4 is 14.8 Å². The van der Waals surface area contributed by atoms with Crippen molar-refractivity contribution in [3.8, 4) is 11.5 Å². The molecule has 0 spiro atoms. The summed E-state index contributed by atoms with van der Waals surface area (Å²) in [5.74, 6) is 2.15. The van der Waals surface area contributed by atoms with Gasteiger partial charge in [-0.05, 0) is 30.2 Å². The summed E-state index contributed by atoms with van der Waals surface area (Å²) < 4.78 is 11.2. The van der Waals surface area contributed by atoms with Gasteiger partial charge in [0, 0.05) is 11.9 Å². The molecule has 4 nitrogen and oxygen atoms in total. The molecule has 114 valence electrons. The van der Waals surface area contributed by atoms with Crippen molar-refractivity contribution in [2.75, 3.05) is 13.7 Å². The van der Waals surface area contributed by atoms with Gasteiger partial charge in [0.25, 0.3) is 0 Å². The Bertz CT molecular complexity index is 541. The second-order valence-electron chi connectivity index (χ2n) is 5.28. The summed E-state index contributed by atoms with van der Waals surface area (Å²) in [7, 11) is 1.65. The van der Waals surface area contributed by atoms with Crippen LogP contribution >= 0.6 is 11.3 Å². The SMILES string of the molecule is COc1ccc(CNCC(C)C)cc1OCc1cscn1. The molecule has 1 N–H and O–H groups in total. The van der Waals surface area contributed by atoms with E-state index in [0.29, 0.717) is 12.5 Å². The van der Waals surface area contributed by atoms with Crippen molar-refractivity contribution in [1.29, 1.82) is 0 Å². The van der Waals surface area contributed by atoms with E-state index in [1.807, 2.05) is 23.0 Å². The van der Waals surface area contributed by atoms with Gasteiger partial charge >= 0.3 is 0 Å². The third kappa shape index (κ3) is 5.02. The van der Waals surface area contributed by atoms with Crippen LogP contribution in [0.1, 0.15) is 25.1 Å². The van der Waals surface area contributed by atoms with E-state index >= 15 is 0 Å². The fourth-order valence-electron chi connectivity index (χ4n) is 1.91. The van der Waals surface area contributed by atoms with Crippen molar-refractivity contribution >= 4 is 11.3 Å². The van der Waals surface area contributed by atoms with E-state index in [4.69, 9.17) is 9.47 Å². The van der Waals surface area contributed by atoms with Crippen molar-refractivity contribution in [1.82, 2.24) is 10.3 Å². The smallest absolute Gasteiger partial charge is 0.162 e. The Balaban J connectivity index is 1.99. The normalized spacial score (nSPS) is 10.9. The molecule has 0 saturated carbocycles. The standard InChI is InChI=1S/C16H22N2O2S/c1-12(2)7-17-8-13-4-5-15(19-3)16(6-13)20-9-14-10-21-11-18-14/h4-6,10-12,17H,7-9H2,1-3H3. The Morgan fingerprint density at radius 2 is 2.14 bits per heavy atom.